The lowest BCUT2D eigenvalue weighted by Gasteiger charge is -2.39. The minimum atomic E-state index is -2.96. The average Bonchev–Trinajstić information content (AvgIpc) is 1.16. The zero-order chi connectivity index (χ0) is 66.3. The van der Waals surface area contributed by atoms with Gasteiger partial charge in [-0.2, -0.15) is 0 Å². The second-order valence-electron chi connectivity index (χ2n) is 23.1. The van der Waals surface area contributed by atoms with Gasteiger partial charge < -0.3 is 33.5 Å². The summed E-state index contributed by atoms with van der Waals surface area (Å²) in [5.41, 5.74) is -5.11. The summed E-state index contributed by atoms with van der Waals surface area (Å²) in [5, 5.41) is 12.6. The molecule has 4 heterocycles. The summed E-state index contributed by atoms with van der Waals surface area (Å²) in [6, 6.07) is 48.6. The first kappa shape index (κ1) is 60.8. The van der Waals surface area contributed by atoms with Gasteiger partial charge in [-0.15, -0.1) is 22.7 Å². The number of benzene rings is 9. The summed E-state index contributed by atoms with van der Waals surface area (Å²) in [6.07, 6.45) is 1.03. The van der Waals surface area contributed by atoms with Crippen LogP contribution in [0.5, 0.6) is 11.5 Å². The molecule has 2 aliphatic carbocycles. The third kappa shape index (κ3) is 10.3. The van der Waals surface area contributed by atoms with Gasteiger partial charge in [0.2, 0.25) is 0 Å². The van der Waals surface area contributed by atoms with Crippen LogP contribution in [-0.4, -0.2) is 46.3 Å². The van der Waals surface area contributed by atoms with Crippen molar-refractivity contribution in [2.24, 2.45) is 0 Å². The maximum Gasteiger partial charge on any atom is 0.367 e. The molecule has 1 unspecified atom stereocenters. The number of carbonyl (C=O) groups is 7. The monoisotopic (exact) mass is 1320 g/mol. The fraction of sp³-hybridized carbons (Fsp3) is 0.0921. The summed E-state index contributed by atoms with van der Waals surface area (Å²) in [4.78, 5) is 107. The van der Waals surface area contributed by atoms with Crippen LogP contribution < -0.4 is 9.47 Å². The van der Waals surface area contributed by atoms with E-state index in [-0.39, 0.29) is 108 Å². The zero-order valence-corrected chi connectivity index (χ0v) is 51.3. The van der Waals surface area contributed by atoms with Crippen molar-refractivity contribution in [3.8, 4) is 32.4 Å². The van der Waals surface area contributed by atoms with Crippen molar-refractivity contribution >= 4 is 97.6 Å². The molecule has 15 rings (SSSR count). The van der Waals surface area contributed by atoms with E-state index in [9.17, 15) is 37.1 Å². The number of aliphatic hydroxyl groups excluding tert-OH is 1. The lowest BCUT2D eigenvalue weighted by molar-refractivity contribution is -0.185. The highest BCUT2D eigenvalue weighted by molar-refractivity contribution is 7.17. The van der Waals surface area contributed by atoms with Crippen LogP contribution in [-0.2, 0) is 75.8 Å². The number of rotatable bonds is 14. The number of hydrogen-bond acceptors (Lipinski definition) is 16. The minimum absolute atomic E-state index is 0.0147. The van der Waals surface area contributed by atoms with Gasteiger partial charge in [-0.3, -0.25) is 14.4 Å². The number of allylic oxidation sites excluding steroid dienone is 1. The molecule has 0 spiro atoms. The molecule has 9 aromatic carbocycles. The third-order valence-corrected chi connectivity index (χ3v) is 19.3. The van der Waals surface area contributed by atoms with E-state index in [0.717, 1.165) is 46.9 Å². The maximum atomic E-state index is 15.8. The van der Waals surface area contributed by atoms with Crippen LogP contribution in [0.25, 0.3) is 54.6 Å². The van der Waals surface area contributed by atoms with E-state index in [1.165, 1.54) is 60.7 Å². The van der Waals surface area contributed by atoms with Gasteiger partial charge in [0, 0.05) is 54.3 Å². The van der Waals surface area contributed by atoms with Crippen molar-refractivity contribution in [2.45, 2.75) is 43.7 Å². The first-order valence-corrected chi connectivity index (χ1v) is 31.4. The number of esters is 4. The number of carbonyl (C=O) groups excluding carboxylic acids is 7. The summed E-state index contributed by atoms with van der Waals surface area (Å²) in [5.74, 6) is -12.4. The van der Waals surface area contributed by atoms with Crippen molar-refractivity contribution in [1.82, 2.24) is 0 Å². The van der Waals surface area contributed by atoms with E-state index >= 15 is 19.2 Å². The van der Waals surface area contributed by atoms with Crippen molar-refractivity contribution in [3.63, 3.8) is 0 Å². The summed E-state index contributed by atoms with van der Waals surface area (Å²) < 4.78 is 96.2. The molecular weight excluding hydrogens is 1280 g/mol. The lowest BCUT2D eigenvalue weighted by Crippen LogP contribution is -2.54. The summed E-state index contributed by atoms with van der Waals surface area (Å²) >= 11 is 1.85. The highest BCUT2D eigenvalue weighted by Gasteiger charge is 2.62. The van der Waals surface area contributed by atoms with E-state index in [2.05, 4.69) is 0 Å². The molecule has 11 aromatic rings. The first-order valence-electron chi connectivity index (χ1n) is 29.8. The van der Waals surface area contributed by atoms with Crippen LogP contribution in [0, 0.1) is 23.3 Å². The van der Waals surface area contributed by atoms with E-state index < -0.39 is 108 Å². The van der Waals surface area contributed by atoms with Crippen molar-refractivity contribution < 1.29 is 84.7 Å². The maximum absolute atomic E-state index is 15.8. The first-order chi connectivity index (χ1) is 46.4. The largest absolute Gasteiger partial charge is 0.458 e. The highest BCUT2D eigenvalue weighted by Crippen LogP contribution is 2.58. The standard InChI is InChI=1S/C76H44F4O14S2/c77-59-25-43-21-49-50(22-44(43)26-60(59)78)66(82)55(65(49)81)29-47-31-63-69(95-47)53-34-58-54(33-57(53)75(93-63,71(85)89-35-39-13-5-1-6-14-39)72(86)90-36-40-15-7-2-8-16-40)70-64(32-48(96-70)30-56-67(83)51-23-45-27-61(79)62(80)28-46(45)24-52(51)68(56)84)94-76(58,73(87)91-37-41-17-9-3-10-18-41)74(88)92-38-42-19-11-4-12-20-42/h1-34,65,81H,35-38H2/b55-29+. The molecule has 1 atom stereocenters. The lowest BCUT2D eigenvalue weighted by atomic mass is 9.78. The summed E-state index contributed by atoms with van der Waals surface area (Å²) in [7, 11) is 0. The minimum Gasteiger partial charge on any atom is -0.458 e. The van der Waals surface area contributed by atoms with Crippen LogP contribution in [0.3, 0.4) is 0 Å². The molecule has 2 aromatic heterocycles. The van der Waals surface area contributed by atoms with Crippen molar-refractivity contribution in [3.05, 3.63) is 294 Å². The van der Waals surface area contributed by atoms with E-state index in [0.29, 0.717) is 22.3 Å². The molecule has 96 heavy (non-hydrogen) atoms. The molecule has 20 heteroatoms. The SMILES string of the molecule is O=C1C(=Cc2cc3c(s2)-c2cc4c(cc2C(C(=O)OCc2ccccc2)(C(=O)OCc2ccccc2)O3)-c2sc(/C=C3/C(=O)c5cc6cc(F)c(F)cc6cc5C3O)cc2OC4(C(=O)OCc2ccccc2)C(=O)OCc2ccccc2)C(=O)c2cc3cc(F)c(F)cc3cc21. The Balaban J connectivity index is 0.952. The predicted octanol–water partition coefficient (Wildman–Crippen LogP) is 14.9. The quantitative estimate of drug-likeness (QED) is 0.0270. The predicted molar refractivity (Wildman–Crippen MR) is 344 cm³/mol. The second kappa shape index (κ2) is 23.8. The fourth-order valence-corrected chi connectivity index (χ4v) is 14.5. The number of halogens is 4. The van der Waals surface area contributed by atoms with Gasteiger partial charge in [-0.05, 0) is 134 Å². The molecule has 0 saturated heterocycles. The number of ether oxygens (including phenoxy) is 6. The van der Waals surface area contributed by atoms with Gasteiger partial charge in [-0.25, -0.2) is 36.7 Å². The molecule has 472 valence electrons. The average molecular weight is 1320 g/mol. The Labute approximate surface area is 549 Å². The molecule has 14 nitrogen and oxygen atoms in total. The molecule has 0 amide bonds. The van der Waals surface area contributed by atoms with Crippen LogP contribution in [0.1, 0.15) is 85.9 Å². The Morgan fingerprint density at radius 2 is 0.750 bits per heavy atom. The Kier molecular flexibility index (Phi) is 15.1. The van der Waals surface area contributed by atoms with Gasteiger partial charge >= 0.3 is 35.1 Å². The topological polar surface area (TPSA) is 195 Å². The highest BCUT2D eigenvalue weighted by atomic mass is 32.1. The molecule has 0 radical (unpaired) electrons. The smallest absolute Gasteiger partial charge is 0.367 e. The zero-order valence-electron chi connectivity index (χ0n) is 49.6. The molecular formula is C76H44F4O14S2. The Bertz CT molecular complexity index is 5060. The Hall–Kier alpha value is -11.5. The number of aliphatic hydroxyl groups is 1. The van der Waals surface area contributed by atoms with Gasteiger partial charge in [-0.1, -0.05) is 121 Å². The van der Waals surface area contributed by atoms with E-state index in [4.69, 9.17) is 28.4 Å². The molecule has 4 aliphatic rings. The van der Waals surface area contributed by atoms with Gasteiger partial charge in [0.15, 0.2) is 40.6 Å². The summed E-state index contributed by atoms with van der Waals surface area (Å²) in [6.45, 7) is -1.63. The number of ketones is 3. The molecule has 2 aliphatic heterocycles. The van der Waals surface area contributed by atoms with Crippen LogP contribution in [0.15, 0.2) is 205 Å². The number of Topliss-reactive ketones (excluding diaryl/α,β-unsaturated/α-hetero) is 3. The molecule has 0 saturated carbocycles. The normalized spacial score (nSPS) is 15.6. The Morgan fingerprint density at radius 3 is 1.11 bits per heavy atom. The molecule has 0 bridgehead atoms. The fourth-order valence-electron chi connectivity index (χ4n) is 12.3. The second-order valence-corrected chi connectivity index (χ2v) is 25.2. The van der Waals surface area contributed by atoms with Gasteiger partial charge in [0.25, 0.3) is 0 Å². The van der Waals surface area contributed by atoms with Crippen LogP contribution in [0.2, 0.25) is 0 Å². The van der Waals surface area contributed by atoms with Crippen molar-refractivity contribution in [1.29, 1.82) is 0 Å². The van der Waals surface area contributed by atoms with Crippen LogP contribution >= 0.6 is 22.7 Å². The number of fused-ring (bicyclic) bond motifs is 10. The van der Waals surface area contributed by atoms with Crippen molar-refractivity contribution in [2.75, 3.05) is 0 Å². The number of hydrogen-bond donors (Lipinski definition) is 1. The van der Waals surface area contributed by atoms with E-state index in [1.807, 2.05) is 0 Å². The van der Waals surface area contributed by atoms with Gasteiger partial charge in [0.05, 0.1) is 15.3 Å². The van der Waals surface area contributed by atoms with Gasteiger partial charge in [0.1, 0.15) is 44.0 Å². The van der Waals surface area contributed by atoms with E-state index in [1.54, 1.807) is 121 Å². The Morgan fingerprint density at radius 1 is 0.417 bits per heavy atom. The van der Waals surface area contributed by atoms with Crippen LogP contribution in [0.4, 0.5) is 17.6 Å². The molecule has 0 fully saturated rings. The third-order valence-electron chi connectivity index (χ3n) is 17.1. The number of thiophene rings is 2. The molecule has 1 N–H and O–H groups in total.